The summed E-state index contributed by atoms with van der Waals surface area (Å²) in [6.07, 6.45) is 3.51. The van der Waals surface area contributed by atoms with Crippen LogP contribution in [0.1, 0.15) is 11.4 Å². The van der Waals surface area contributed by atoms with Gasteiger partial charge in [-0.3, -0.25) is 14.3 Å². The fourth-order valence-electron chi connectivity index (χ4n) is 3.18. The third kappa shape index (κ3) is 3.82. The molecule has 0 bridgehead atoms. The molecule has 10 nitrogen and oxygen atoms in total. The number of aromatic nitrogens is 5. The smallest absolute Gasteiger partial charge is 0.267 e. The number of hydrogen-bond acceptors (Lipinski definition) is 9. The molecule has 0 unspecified atom stereocenters. The van der Waals surface area contributed by atoms with Crippen molar-refractivity contribution < 1.29 is 0 Å². The van der Waals surface area contributed by atoms with Crippen molar-refractivity contribution in [2.75, 3.05) is 23.3 Å². The molecule has 0 fully saturated rings. The second kappa shape index (κ2) is 8.25. The molecule has 1 aromatic carbocycles. The van der Waals surface area contributed by atoms with Gasteiger partial charge in [0, 0.05) is 19.2 Å². The standard InChI is InChI=1S/C20H16ClN9O/c21-13-4-1-5-14-16(13)19(31)30(11-3-2-7-25-10-11)15(27-14)6-8-26-18-12(9-22)17(23)28-20(24)29-18/h1-5,7,10H,6,8H2,(H5,23,24,26,28,29). The molecule has 11 heteroatoms. The Labute approximate surface area is 181 Å². The van der Waals surface area contributed by atoms with Gasteiger partial charge in [-0.15, -0.1) is 0 Å². The van der Waals surface area contributed by atoms with E-state index in [4.69, 9.17) is 23.1 Å². The first-order chi connectivity index (χ1) is 15.0. The SMILES string of the molecule is N#Cc1c(N)nc(N)nc1NCCc1nc2cccc(Cl)c2c(=O)n1-c1cccnc1. The Balaban J connectivity index is 1.75. The van der Waals surface area contributed by atoms with Crippen LogP contribution in [0.25, 0.3) is 16.6 Å². The van der Waals surface area contributed by atoms with Crippen molar-refractivity contribution in [1.82, 2.24) is 24.5 Å². The summed E-state index contributed by atoms with van der Waals surface area (Å²) in [5.41, 5.74) is 12.2. The number of pyridine rings is 1. The molecule has 31 heavy (non-hydrogen) atoms. The molecule has 3 heterocycles. The van der Waals surface area contributed by atoms with E-state index in [-0.39, 0.29) is 28.7 Å². The summed E-state index contributed by atoms with van der Waals surface area (Å²) in [5, 5.41) is 13.0. The highest BCUT2D eigenvalue weighted by Gasteiger charge is 2.16. The largest absolute Gasteiger partial charge is 0.382 e. The van der Waals surface area contributed by atoms with Crippen LogP contribution in [0, 0.1) is 11.3 Å². The van der Waals surface area contributed by atoms with Crippen molar-refractivity contribution in [3.63, 3.8) is 0 Å². The summed E-state index contributed by atoms with van der Waals surface area (Å²) in [4.78, 5) is 29.8. The van der Waals surface area contributed by atoms with E-state index >= 15 is 0 Å². The summed E-state index contributed by atoms with van der Waals surface area (Å²) in [6.45, 7) is 0.295. The predicted molar refractivity (Wildman–Crippen MR) is 118 cm³/mol. The van der Waals surface area contributed by atoms with E-state index in [2.05, 4.69) is 25.3 Å². The second-order valence-corrected chi connectivity index (χ2v) is 6.90. The average molecular weight is 434 g/mol. The first-order valence-electron chi connectivity index (χ1n) is 9.17. The number of rotatable bonds is 5. The van der Waals surface area contributed by atoms with Crippen molar-refractivity contribution in [3.8, 4) is 11.8 Å². The maximum atomic E-state index is 13.3. The Morgan fingerprint density at radius 2 is 2.00 bits per heavy atom. The zero-order valence-electron chi connectivity index (χ0n) is 16.1. The highest BCUT2D eigenvalue weighted by Crippen LogP contribution is 2.21. The molecule has 0 amide bonds. The van der Waals surface area contributed by atoms with E-state index in [1.54, 1.807) is 42.7 Å². The Kier molecular flexibility index (Phi) is 5.34. The van der Waals surface area contributed by atoms with Crippen molar-refractivity contribution in [2.45, 2.75) is 6.42 Å². The van der Waals surface area contributed by atoms with Crippen LogP contribution >= 0.6 is 11.6 Å². The first kappa shape index (κ1) is 20.1. The molecule has 0 aliphatic heterocycles. The third-order valence-electron chi connectivity index (χ3n) is 4.53. The van der Waals surface area contributed by atoms with Gasteiger partial charge in [0.05, 0.1) is 27.8 Å². The number of fused-ring (bicyclic) bond motifs is 1. The molecule has 154 valence electrons. The van der Waals surface area contributed by atoms with Gasteiger partial charge in [0.2, 0.25) is 5.95 Å². The Morgan fingerprint density at radius 1 is 1.16 bits per heavy atom. The summed E-state index contributed by atoms with van der Waals surface area (Å²) in [6, 6.07) is 10.6. The normalized spacial score (nSPS) is 10.7. The van der Waals surface area contributed by atoms with Gasteiger partial charge in [-0.2, -0.15) is 15.2 Å². The maximum Gasteiger partial charge on any atom is 0.267 e. The number of anilines is 3. The van der Waals surface area contributed by atoms with E-state index in [1.165, 1.54) is 4.57 Å². The number of nitrogens with one attached hydrogen (secondary N) is 1. The average Bonchev–Trinajstić information content (AvgIpc) is 2.74. The fourth-order valence-corrected chi connectivity index (χ4v) is 3.43. The molecule has 5 N–H and O–H groups in total. The van der Waals surface area contributed by atoms with Gasteiger partial charge in [-0.1, -0.05) is 17.7 Å². The van der Waals surface area contributed by atoms with Crippen LogP contribution in [-0.4, -0.2) is 31.0 Å². The summed E-state index contributed by atoms with van der Waals surface area (Å²) in [7, 11) is 0. The number of nitrogen functional groups attached to an aromatic ring is 2. The molecular formula is C20H16ClN9O. The lowest BCUT2D eigenvalue weighted by Gasteiger charge is -2.15. The van der Waals surface area contributed by atoms with E-state index in [0.29, 0.717) is 40.4 Å². The van der Waals surface area contributed by atoms with Crippen LogP contribution in [-0.2, 0) is 6.42 Å². The van der Waals surface area contributed by atoms with Gasteiger partial charge in [-0.25, -0.2) is 4.98 Å². The minimum Gasteiger partial charge on any atom is -0.382 e. The zero-order valence-corrected chi connectivity index (χ0v) is 16.8. The second-order valence-electron chi connectivity index (χ2n) is 6.49. The number of hydrogen-bond donors (Lipinski definition) is 3. The highest BCUT2D eigenvalue weighted by atomic mass is 35.5. The van der Waals surface area contributed by atoms with Crippen molar-refractivity contribution >= 4 is 40.1 Å². The van der Waals surface area contributed by atoms with Crippen LogP contribution in [0.2, 0.25) is 5.02 Å². The Hall–Kier alpha value is -4.23. The highest BCUT2D eigenvalue weighted by molar-refractivity contribution is 6.35. The molecule has 0 aliphatic rings. The number of benzene rings is 1. The molecule has 3 aromatic heterocycles. The van der Waals surface area contributed by atoms with Gasteiger partial charge in [0.25, 0.3) is 5.56 Å². The predicted octanol–water partition coefficient (Wildman–Crippen LogP) is 1.91. The molecule has 0 spiro atoms. The molecule has 4 rings (SSSR count). The van der Waals surface area contributed by atoms with Crippen LogP contribution in [0.4, 0.5) is 17.6 Å². The number of nitrogens with two attached hydrogens (primary N) is 2. The molecule has 0 saturated carbocycles. The van der Waals surface area contributed by atoms with Gasteiger partial charge >= 0.3 is 0 Å². The fraction of sp³-hybridized carbons (Fsp3) is 0.100. The monoisotopic (exact) mass is 433 g/mol. The van der Waals surface area contributed by atoms with Crippen LogP contribution in [0.15, 0.2) is 47.5 Å². The Bertz CT molecular complexity index is 1380. The summed E-state index contributed by atoms with van der Waals surface area (Å²) < 4.78 is 1.47. The summed E-state index contributed by atoms with van der Waals surface area (Å²) >= 11 is 6.27. The molecule has 0 atom stereocenters. The Morgan fingerprint density at radius 3 is 2.74 bits per heavy atom. The summed E-state index contributed by atoms with van der Waals surface area (Å²) in [5.74, 6) is 0.633. The lowest BCUT2D eigenvalue weighted by molar-refractivity contribution is 0.806. The van der Waals surface area contributed by atoms with Gasteiger partial charge < -0.3 is 16.8 Å². The number of nitriles is 1. The van der Waals surface area contributed by atoms with Gasteiger partial charge in [-0.05, 0) is 24.3 Å². The molecular weight excluding hydrogens is 418 g/mol. The zero-order chi connectivity index (χ0) is 22.0. The minimum atomic E-state index is -0.299. The van der Waals surface area contributed by atoms with Gasteiger partial charge in [0.1, 0.15) is 23.3 Å². The van der Waals surface area contributed by atoms with Crippen molar-refractivity contribution in [2.24, 2.45) is 0 Å². The maximum absolute atomic E-state index is 13.3. The van der Waals surface area contributed by atoms with Crippen molar-refractivity contribution in [3.05, 3.63) is 69.5 Å². The number of halogens is 1. The van der Waals surface area contributed by atoms with E-state index < -0.39 is 0 Å². The van der Waals surface area contributed by atoms with Crippen LogP contribution in [0.3, 0.4) is 0 Å². The van der Waals surface area contributed by atoms with Crippen LogP contribution in [0.5, 0.6) is 0 Å². The molecule has 0 aliphatic carbocycles. The molecule has 4 aromatic rings. The lowest BCUT2D eigenvalue weighted by Crippen LogP contribution is -2.26. The van der Waals surface area contributed by atoms with E-state index in [1.807, 2.05) is 6.07 Å². The quantitative estimate of drug-likeness (QED) is 0.426. The third-order valence-corrected chi connectivity index (χ3v) is 4.84. The first-order valence-corrected chi connectivity index (χ1v) is 9.55. The van der Waals surface area contributed by atoms with E-state index in [9.17, 15) is 10.1 Å². The number of nitrogens with zero attached hydrogens (tertiary/aromatic N) is 6. The minimum absolute atomic E-state index is 0.0109. The topological polar surface area (TPSA) is 161 Å². The lowest BCUT2D eigenvalue weighted by atomic mass is 10.2. The van der Waals surface area contributed by atoms with Crippen molar-refractivity contribution in [1.29, 1.82) is 5.26 Å². The molecule has 0 radical (unpaired) electrons. The molecule has 0 saturated heterocycles. The van der Waals surface area contributed by atoms with Crippen LogP contribution < -0.4 is 22.3 Å². The van der Waals surface area contributed by atoms with E-state index in [0.717, 1.165) is 0 Å². The van der Waals surface area contributed by atoms with Gasteiger partial charge in [0.15, 0.2) is 5.82 Å².